The molecule has 0 aromatic carbocycles. The molecule has 2 aliphatic carbocycles. The van der Waals surface area contributed by atoms with Crippen LogP contribution in [-0.4, -0.2) is 11.5 Å². The Kier molecular flexibility index (Phi) is 13.4. The van der Waals surface area contributed by atoms with E-state index in [-0.39, 0.29) is 56.9 Å². The Labute approximate surface area is 179 Å². The van der Waals surface area contributed by atoms with E-state index in [4.69, 9.17) is 4.74 Å². The molecule has 1 atom stereocenters. The minimum absolute atomic E-state index is 0. The van der Waals surface area contributed by atoms with Crippen LogP contribution in [0, 0.1) is 11.5 Å². The van der Waals surface area contributed by atoms with Crippen molar-refractivity contribution >= 4 is 11.8 Å². The van der Waals surface area contributed by atoms with E-state index in [9.17, 15) is 0 Å². The predicted octanol–water partition coefficient (Wildman–Crippen LogP) is -0.183. The van der Waals surface area contributed by atoms with Gasteiger partial charge in [-0.15, -0.1) is 18.2 Å². The number of hydrogen-bond acceptors (Lipinski definition) is 2. The van der Waals surface area contributed by atoms with Gasteiger partial charge in [0, 0.05) is 13.0 Å². The molecule has 0 aliphatic heterocycles. The van der Waals surface area contributed by atoms with Crippen molar-refractivity contribution in [2.24, 2.45) is 5.41 Å². The molecule has 0 bridgehead atoms. The Balaban J connectivity index is 0. The molecular weight excluding hydrogens is 395 g/mol. The molecule has 0 amide bonds. The average molecular weight is 422 g/mol. The topological polar surface area (TPSA) is 9.23 Å². The second-order valence-corrected chi connectivity index (χ2v) is 7.97. The Morgan fingerprint density at radius 3 is 2.50 bits per heavy atom. The summed E-state index contributed by atoms with van der Waals surface area (Å²) >= 11 is 1.84. The smallest absolute Gasteiger partial charge is 1.00 e. The monoisotopic (exact) mass is 421 g/mol. The molecule has 0 fully saturated rings. The third-order valence-electron chi connectivity index (χ3n) is 3.78. The first-order chi connectivity index (χ1) is 9.98. The van der Waals surface area contributed by atoms with Crippen LogP contribution in [0.5, 0.6) is 0 Å². The largest absolute Gasteiger partial charge is 3.00 e. The standard InChI is InChI=1S/C19H27OS.2ClH.Ti/c1-5-6-15-20-19(21-16-11-7-8-12-16)14-10-9-13-17(19)18(2,3)4;;;/h7,9-11,13H,5-6,8,14-15H2,1-4H3;2*1H;/q-1;;;+3/p-2. The summed E-state index contributed by atoms with van der Waals surface area (Å²) in [6.07, 6.45) is 18.6. The van der Waals surface area contributed by atoms with Gasteiger partial charge in [0.25, 0.3) is 0 Å². The van der Waals surface area contributed by atoms with Crippen LogP contribution >= 0.6 is 11.8 Å². The average Bonchev–Trinajstić information content (AvgIpc) is 2.91. The molecule has 0 saturated carbocycles. The van der Waals surface area contributed by atoms with Crippen LogP contribution in [0.15, 0.2) is 40.9 Å². The van der Waals surface area contributed by atoms with E-state index in [1.165, 1.54) is 16.9 Å². The van der Waals surface area contributed by atoms with Crippen LogP contribution in [0.25, 0.3) is 0 Å². The van der Waals surface area contributed by atoms with E-state index in [0.717, 1.165) is 25.9 Å². The SMILES string of the molecule is CCCCOC1(SC2=[C-]CC=C2)CC=CC=C1C(C)(C)C.[Cl-].[Cl-].[Ti+3]. The maximum Gasteiger partial charge on any atom is 3.00 e. The number of thioether (sulfide) groups is 1. The number of hydrogen-bond donors (Lipinski definition) is 0. The van der Waals surface area contributed by atoms with E-state index >= 15 is 0 Å². The molecule has 5 heteroatoms. The van der Waals surface area contributed by atoms with Crippen LogP contribution in [0.3, 0.4) is 0 Å². The fraction of sp³-hybridized carbons (Fsp3) is 0.579. The molecule has 1 unspecified atom stereocenters. The number of unbranched alkanes of at least 4 members (excludes halogenated alkanes) is 1. The summed E-state index contributed by atoms with van der Waals surface area (Å²) in [4.78, 5) is 0.955. The van der Waals surface area contributed by atoms with Crippen LogP contribution in [0.4, 0.5) is 0 Å². The maximum absolute atomic E-state index is 6.46. The zero-order chi connectivity index (χ0) is 15.3. The van der Waals surface area contributed by atoms with E-state index in [0.29, 0.717) is 0 Å². The van der Waals surface area contributed by atoms with Crippen LogP contribution in [0.2, 0.25) is 0 Å². The van der Waals surface area contributed by atoms with Crippen molar-refractivity contribution in [1.29, 1.82) is 0 Å². The van der Waals surface area contributed by atoms with Crippen molar-refractivity contribution in [3.63, 3.8) is 0 Å². The summed E-state index contributed by atoms with van der Waals surface area (Å²) in [6.45, 7) is 9.86. The molecule has 24 heavy (non-hydrogen) atoms. The molecule has 1 radical (unpaired) electrons. The van der Waals surface area contributed by atoms with Crippen molar-refractivity contribution in [2.75, 3.05) is 6.61 Å². The van der Waals surface area contributed by atoms with E-state index in [2.05, 4.69) is 64.2 Å². The molecule has 0 aromatic heterocycles. The minimum Gasteiger partial charge on any atom is -1.00 e. The normalized spacial score (nSPS) is 22.0. The number of rotatable bonds is 6. The van der Waals surface area contributed by atoms with Gasteiger partial charge >= 0.3 is 21.7 Å². The summed E-state index contributed by atoms with van der Waals surface area (Å²) in [6, 6.07) is 0. The van der Waals surface area contributed by atoms with Gasteiger partial charge in [0.15, 0.2) is 0 Å². The van der Waals surface area contributed by atoms with Gasteiger partial charge in [0.05, 0.1) is 0 Å². The van der Waals surface area contributed by atoms with Gasteiger partial charge in [0.2, 0.25) is 0 Å². The molecule has 2 aliphatic rings. The predicted molar refractivity (Wildman–Crippen MR) is 93.0 cm³/mol. The first-order valence-electron chi connectivity index (χ1n) is 7.96. The third kappa shape index (κ3) is 7.06. The second kappa shape index (κ2) is 12.0. The van der Waals surface area contributed by atoms with Crippen LogP contribution in [0.1, 0.15) is 53.4 Å². The molecule has 0 N–H and O–H groups in total. The molecule has 0 heterocycles. The van der Waals surface area contributed by atoms with Gasteiger partial charge in [-0.3, -0.25) is 6.08 Å². The summed E-state index contributed by atoms with van der Waals surface area (Å²) in [5, 5.41) is 0. The van der Waals surface area contributed by atoms with E-state index in [1.54, 1.807) is 0 Å². The molecule has 0 spiro atoms. The molecular formula is C19H27Cl2OSTi. The third-order valence-corrected chi connectivity index (χ3v) is 5.11. The van der Waals surface area contributed by atoms with Crippen molar-refractivity contribution in [3.05, 3.63) is 46.9 Å². The summed E-state index contributed by atoms with van der Waals surface area (Å²) in [5.41, 5.74) is 1.49. The summed E-state index contributed by atoms with van der Waals surface area (Å²) in [5.74, 6) is 0. The molecule has 133 valence electrons. The van der Waals surface area contributed by atoms with Crippen molar-refractivity contribution < 1.29 is 51.3 Å². The first-order valence-corrected chi connectivity index (χ1v) is 8.78. The van der Waals surface area contributed by atoms with E-state index < -0.39 is 0 Å². The van der Waals surface area contributed by atoms with Gasteiger partial charge < -0.3 is 29.6 Å². The van der Waals surface area contributed by atoms with Gasteiger partial charge in [-0.05, 0) is 17.4 Å². The Bertz CT molecular complexity index is 492. The quantitative estimate of drug-likeness (QED) is 0.254. The minimum atomic E-state index is -0.265. The molecule has 0 saturated heterocycles. The number of allylic oxidation sites excluding steroid dienone is 5. The summed E-state index contributed by atoms with van der Waals surface area (Å²) < 4.78 is 6.46. The fourth-order valence-corrected chi connectivity index (χ4v) is 4.20. The van der Waals surface area contributed by atoms with Crippen LogP contribution < -0.4 is 24.8 Å². The zero-order valence-corrected chi connectivity index (χ0v) is 18.9. The number of halogens is 2. The van der Waals surface area contributed by atoms with Gasteiger partial charge in [-0.25, -0.2) is 6.08 Å². The Hall–Kier alpha value is 0.564. The molecule has 0 aromatic rings. The second-order valence-electron chi connectivity index (χ2n) is 6.67. The van der Waals surface area contributed by atoms with Crippen LogP contribution in [-0.2, 0) is 26.5 Å². The fourth-order valence-electron chi connectivity index (χ4n) is 2.72. The van der Waals surface area contributed by atoms with Gasteiger partial charge in [-0.2, -0.15) is 11.0 Å². The van der Waals surface area contributed by atoms with Crippen molar-refractivity contribution in [2.45, 2.75) is 58.3 Å². The Morgan fingerprint density at radius 1 is 1.25 bits per heavy atom. The maximum atomic E-state index is 6.46. The van der Waals surface area contributed by atoms with Gasteiger partial charge in [-0.1, -0.05) is 52.3 Å². The zero-order valence-electron chi connectivity index (χ0n) is 15.0. The first kappa shape index (κ1) is 26.8. The van der Waals surface area contributed by atoms with Crippen molar-refractivity contribution in [1.82, 2.24) is 0 Å². The van der Waals surface area contributed by atoms with Crippen molar-refractivity contribution in [3.8, 4) is 0 Å². The number of ether oxygens (including phenoxy) is 1. The molecule has 2 rings (SSSR count). The van der Waals surface area contributed by atoms with E-state index in [1.807, 2.05) is 11.8 Å². The van der Waals surface area contributed by atoms with Gasteiger partial charge in [0.1, 0.15) is 4.93 Å². The molecule has 1 nitrogen and oxygen atoms in total. The Morgan fingerprint density at radius 2 is 1.96 bits per heavy atom. The summed E-state index contributed by atoms with van der Waals surface area (Å²) in [7, 11) is 0.